The van der Waals surface area contributed by atoms with E-state index in [0.717, 1.165) is 18.7 Å². The summed E-state index contributed by atoms with van der Waals surface area (Å²) in [5, 5.41) is 8.91. The van der Waals surface area contributed by atoms with Gasteiger partial charge in [-0.3, -0.25) is 9.69 Å². The molecule has 1 heterocycles. The number of ether oxygens (including phenoxy) is 2. The maximum atomic E-state index is 10.8. The van der Waals surface area contributed by atoms with Crippen LogP contribution in [0.25, 0.3) is 0 Å². The Kier molecular flexibility index (Phi) is 5.59. The number of hydrogen-bond donors (Lipinski definition) is 1. The summed E-state index contributed by atoms with van der Waals surface area (Å²) in [6, 6.07) is 8.38. The first-order valence-electron chi connectivity index (χ1n) is 7.35. The predicted octanol–water partition coefficient (Wildman–Crippen LogP) is 2.32. The average Bonchev–Trinajstić information content (AvgIpc) is 2.48. The Morgan fingerprint density at radius 1 is 1.48 bits per heavy atom. The molecule has 5 heteroatoms. The maximum absolute atomic E-state index is 10.8. The van der Waals surface area contributed by atoms with Crippen molar-refractivity contribution in [1.82, 2.24) is 4.90 Å². The molecule has 0 spiro atoms. The fourth-order valence-corrected chi connectivity index (χ4v) is 2.87. The number of methoxy groups -OCH3 is 1. The molecule has 1 aliphatic rings. The van der Waals surface area contributed by atoms with Crippen LogP contribution in [0.15, 0.2) is 24.3 Å². The Hall–Kier alpha value is -1.59. The Labute approximate surface area is 125 Å². The maximum Gasteiger partial charge on any atom is 0.306 e. The third-order valence-corrected chi connectivity index (χ3v) is 3.90. The number of benzene rings is 1. The van der Waals surface area contributed by atoms with Crippen molar-refractivity contribution in [1.29, 1.82) is 0 Å². The lowest BCUT2D eigenvalue weighted by molar-refractivity contribution is -0.142. The summed E-state index contributed by atoms with van der Waals surface area (Å²) in [5.74, 6) is 0.0404. The molecule has 1 aromatic carbocycles. The monoisotopic (exact) mass is 293 g/mol. The number of nitrogens with zero attached hydrogens (tertiary/aromatic N) is 1. The van der Waals surface area contributed by atoms with E-state index in [9.17, 15) is 4.79 Å². The highest BCUT2D eigenvalue weighted by Crippen LogP contribution is 2.28. The first-order valence-corrected chi connectivity index (χ1v) is 7.35. The molecule has 0 bridgehead atoms. The van der Waals surface area contributed by atoms with Crippen LogP contribution in [0, 0.1) is 0 Å². The molecule has 116 valence electrons. The Balaban J connectivity index is 2.06. The Morgan fingerprint density at radius 3 is 2.76 bits per heavy atom. The second-order valence-corrected chi connectivity index (χ2v) is 5.28. The molecule has 1 aromatic rings. The molecule has 0 radical (unpaired) electrons. The van der Waals surface area contributed by atoms with Gasteiger partial charge in [0.1, 0.15) is 5.75 Å². The minimum Gasteiger partial charge on any atom is -0.497 e. The smallest absolute Gasteiger partial charge is 0.306 e. The van der Waals surface area contributed by atoms with Gasteiger partial charge in [-0.15, -0.1) is 0 Å². The first-order chi connectivity index (χ1) is 10.1. The summed E-state index contributed by atoms with van der Waals surface area (Å²) in [6.07, 6.45) is 0.824. The van der Waals surface area contributed by atoms with Gasteiger partial charge < -0.3 is 14.6 Å². The molecule has 1 saturated heterocycles. The summed E-state index contributed by atoms with van der Waals surface area (Å²) in [6.45, 7) is 4.23. The van der Waals surface area contributed by atoms with Gasteiger partial charge in [0.25, 0.3) is 0 Å². The molecule has 0 amide bonds. The van der Waals surface area contributed by atoms with E-state index in [2.05, 4.69) is 24.0 Å². The molecule has 2 atom stereocenters. The zero-order valence-electron chi connectivity index (χ0n) is 12.6. The number of carbonyl (C=O) groups is 1. The number of hydrogen-bond acceptors (Lipinski definition) is 4. The lowest BCUT2D eigenvalue weighted by Crippen LogP contribution is -2.44. The summed E-state index contributed by atoms with van der Waals surface area (Å²) in [5.41, 5.74) is 1.23. The minimum atomic E-state index is -0.806. The zero-order valence-corrected chi connectivity index (χ0v) is 12.6. The normalized spacial score (nSPS) is 21.0. The lowest BCUT2D eigenvalue weighted by Gasteiger charge is -2.38. The van der Waals surface area contributed by atoms with E-state index in [1.165, 1.54) is 5.56 Å². The van der Waals surface area contributed by atoms with Crippen LogP contribution in [-0.2, 0) is 9.53 Å². The van der Waals surface area contributed by atoms with Crippen LogP contribution in [0.2, 0.25) is 0 Å². The minimum absolute atomic E-state index is 0.0650. The highest BCUT2D eigenvalue weighted by atomic mass is 16.5. The molecule has 0 aromatic heterocycles. The molecule has 0 aliphatic carbocycles. The second-order valence-electron chi connectivity index (χ2n) is 5.28. The summed E-state index contributed by atoms with van der Waals surface area (Å²) >= 11 is 0. The molecule has 0 saturated carbocycles. The molecule has 5 nitrogen and oxygen atoms in total. The van der Waals surface area contributed by atoms with Crippen molar-refractivity contribution < 1.29 is 19.4 Å². The van der Waals surface area contributed by atoms with E-state index < -0.39 is 5.97 Å². The van der Waals surface area contributed by atoms with Gasteiger partial charge in [0.05, 0.1) is 26.2 Å². The molecule has 2 unspecified atom stereocenters. The fraction of sp³-hybridized carbons (Fsp3) is 0.562. The predicted molar refractivity (Wildman–Crippen MR) is 79.6 cm³/mol. The lowest BCUT2D eigenvalue weighted by atomic mass is 10.0. The van der Waals surface area contributed by atoms with Gasteiger partial charge in [-0.05, 0) is 24.1 Å². The highest BCUT2D eigenvalue weighted by Gasteiger charge is 2.27. The largest absolute Gasteiger partial charge is 0.497 e. The Morgan fingerprint density at radius 2 is 2.19 bits per heavy atom. The number of carboxylic acid groups (broad SMARTS) is 1. The van der Waals surface area contributed by atoms with Gasteiger partial charge in [0.15, 0.2) is 0 Å². The van der Waals surface area contributed by atoms with Gasteiger partial charge in [-0.1, -0.05) is 19.1 Å². The number of aliphatic carboxylic acids is 1. The van der Waals surface area contributed by atoms with Crippen LogP contribution in [0.1, 0.15) is 31.4 Å². The van der Waals surface area contributed by atoms with Gasteiger partial charge >= 0.3 is 5.97 Å². The van der Waals surface area contributed by atoms with Gasteiger partial charge in [-0.25, -0.2) is 0 Å². The number of morpholine rings is 1. The van der Waals surface area contributed by atoms with Gasteiger partial charge in [0, 0.05) is 19.1 Å². The topological polar surface area (TPSA) is 59.0 Å². The van der Waals surface area contributed by atoms with E-state index >= 15 is 0 Å². The van der Waals surface area contributed by atoms with Crippen LogP contribution in [-0.4, -0.2) is 48.9 Å². The molecule has 1 aliphatic heterocycles. The second kappa shape index (κ2) is 7.43. The quantitative estimate of drug-likeness (QED) is 0.872. The van der Waals surface area contributed by atoms with E-state index in [0.29, 0.717) is 13.2 Å². The van der Waals surface area contributed by atoms with Crippen molar-refractivity contribution in [3.8, 4) is 5.75 Å². The van der Waals surface area contributed by atoms with Crippen LogP contribution in [0.3, 0.4) is 0 Å². The van der Waals surface area contributed by atoms with Crippen LogP contribution < -0.4 is 4.74 Å². The summed E-state index contributed by atoms with van der Waals surface area (Å²) in [4.78, 5) is 13.2. The Bertz CT molecular complexity index is 460. The fourth-order valence-electron chi connectivity index (χ4n) is 2.87. The van der Waals surface area contributed by atoms with Crippen LogP contribution >= 0.6 is 0 Å². The van der Waals surface area contributed by atoms with Crippen molar-refractivity contribution in [2.45, 2.75) is 31.9 Å². The molecular weight excluding hydrogens is 270 g/mol. The SMILES string of the molecule is CCC(c1ccc(OC)cc1)N1CCOC(CC(=O)O)C1. The van der Waals surface area contributed by atoms with Gasteiger partial charge in [0.2, 0.25) is 0 Å². The third kappa shape index (κ3) is 4.19. The van der Waals surface area contributed by atoms with E-state index in [4.69, 9.17) is 14.6 Å². The van der Waals surface area contributed by atoms with Crippen LogP contribution in [0.5, 0.6) is 5.75 Å². The van der Waals surface area contributed by atoms with Crippen molar-refractivity contribution >= 4 is 5.97 Å². The zero-order chi connectivity index (χ0) is 15.2. The van der Waals surface area contributed by atoms with E-state index in [-0.39, 0.29) is 18.6 Å². The molecule has 21 heavy (non-hydrogen) atoms. The van der Waals surface area contributed by atoms with Gasteiger partial charge in [-0.2, -0.15) is 0 Å². The molecule has 1 fully saturated rings. The highest BCUT2D eigenvalue weighted by molar-refractivity contribution is 5.67. The summed E-state index contributed by atoms with van der Waals surface area (Å²) in [7, 11) is 1.66. The molecule has 1 N–H and O–H groups in total. The standard InChI is InChI=1S/C16H23NO4/c1-3-15(12-4-6-13(20-2)7-5-12)17-8-9-21-14(11-17)10-16(18)19/h4-7,14-15H,3,8-11H2,1-2H3,(H,18,19). The molecule has 2 rings (SSSR count). The van der Waals surface area contributed by atoms with Crippen molar-refractivity contribution in [3.63, 3.8) is 0 Å². The van der Waals surface area contributed by atoms with Crippen LogP contribution in [0.4, 0.5) is 0 Å². The van der Waals surface area contributed by atoms with E-state index in [1.807, 2.05) is 12.1 Å². The van der Waals surface area contributed by atoms with Crippen molar-refractivity contribution in [2.75, 3.05) is 26.8 Å². The molecular formula is C16H23NO4. The number of carboxylic acids is 1. The summed E-state index contributed by atoms with van der Waals surface area (Å²) < 4.78 is 10.7. The first kappa shape index (κ1) is 15.8. The number of rotatable bonds is 6. The van der Waals surface area contributed by atoms with E-state index in [1.54, 1.807) is 7.11 Å². The average molecular weight is 293 g/mol. The third-order valence-electron chi connectivity index (χ3n) is 3.90. The van der Waals surface area contributed by atoms with Crippen molar-refractivity contribution in [3.05, 3.63) is 29.8 Å². The van der Waals surface area contributed by atoms with Crippen molar-refractivity contribution in [2.24, 2.45) is 0 Å².